The number of nitrogens with two attached hydrogens (primary N) is 1. The number of fused-ring (bicyclic) bond motifs is 3. The second kappa shape index (κ2) is 7.47. The average Bonchev–Trinajstić information content (AvgIpc) is 3.13. The van der Waals surface area contributed by atoms with Crippen molar-refractivity contribution in [1.29, 1.82) is 0 Å². The van der Waals surface area contributed by atoms with Gasteiger partial charge >= 0.3 is 0 Å². The van der Waals surface area contributed by atoms with Gasteiger partial charge in [0.1, 0.15) is 0 Å². The number of aromatic nitrogens is 1. The Kier molecular flexibility index (Phi) is 4.65. The van der Waals surface area contributed by atoms with Crippen molar-refractivity contribution in [3.05, 3.63) is 102 Å². The van der Waals surface area contributed by atoms with E-state index in [2.05, 4.69) is 102 Å². The third-order valence-electron chi connectivity index (χ3n) is 6.05. The van der Waals surface area contributed by atoms with Gasteiger partial charge in [-0.15, -0.1) is 0 Å². The van der Waals surface area contributed by atoms with E-state index in [4.69, 9.17) is 5.73 Å². The number of hydrogen-bond acceptors (Lipinski definition) is 1. The van der Waals surface area contributed by atoms with Crippen LogP contribution in [0.1, 0.15) is 31.0 Å². The predicted octanol–water partition coefficient (Wildman–Crippen LogP) is 7.03. The van der Waals surface area contributed by atoms with Gasteiger partial charge in [0, 0.05) is 22.5 Å². The smallest absolute Gasteiger partial charge is 0.0541 e. The number of para-hydroxylation sites is 1. The molecule has 0 amide bonds. The van der Waals surface area contributed by atoms with Crippen molar-refractivity contribution in [2.45, 2.75) is 26.3 Å². The molecule has 5 aromatic rings. The van der Waals surface area contributed by atoms with Crippen LogP contribution in [0.25, 0.3) is 38.6 Å². The van der Waals surface area contributed by atoms with Crippen LogP contribution in [0.3, 0.4) is 0 Å². The fourth-order valence-corrected chi connectivity index (χ4v) is 4.29. The molecule has 0 radical (unpaired) electrons. The Balaban J connectivity index is 1.71. The summed E-state index contributed by atoms with van der Waals surface area (Å²) in [6.45, 7) is 4.21. The molecule has 0 aliphatic carbocycles. The van der Waals surface area contributed by atoms with E-state index in [1.165, 1.54) is 38.5 Å². The van der Waals surface area contributed by atoms with E-state index in [1.807, 2.05) is 6.92 Å². The van der Waals surface area contributed by atoms with Crippen LogP contribution in [-0.2, 0) is 6.42 Å². The summed E-state index contributed by atoms with van der Waals surface area (Å²) in [5, 5.41) is 2.55. The van der Waals surface area contributed by atoms with Gasteiger partial charge in [-0.25, -0.2) is 0 Å². The molecular formula is C28H26N2. The molecule has 2 N–H and O–H groups in total. The molecule has 1 aromatic heterocycles. The molecule has 1 heterocycles. The summed E-state index contributed by atoms with van der Waals surface area (Å²) in [5.74, 6) is 0. The van der Waals surface area contributed by atoms with Gasteiger partial charge in [-0.3, -0.25) is 0 Å². The van der Waals surface area contributed by atoms with Crippen LogP contribution in [0.15, 0.2) is 91.0 Å². The maximum atomic E-state index is 6.05. The van der Waals surface area contributed by atoms with Gasteiger partial charge in [0.05, 0.1) is 11.0 Å². The minimum Gasteiger partial charge on any atom is -0.324 e. The van der Waals surface area contributed by atoms with Crippen LogP contribution in [0.2, 0.25) is 0 Å². The highest BCUT2D eigenvalue weighted by atomic mass is 15.0. The van der Waals surface area contributed by atoms with Gasteiger partial charge in [0.25, 0.3) is 0 Å². The standard InChI is InChI=1S/C28H26N2/c1-3-20-8-10-22(11-9-20)23-14-17-28-26(18-23)25-6-4-5-7-27(25)30(28)24-15-12-21(13-16-24)19(2)29/h4-19H,3,29H2,1-2H3. The quantitative estimate of drug-likeness (QED) is 0.351. The first-order valence-electron chi connectivity index (χ1n) is 10.6. The van der Waals surface area contributed by atoms with Crippen molar-refractivity contribution < 1.29 is 0 Å². The summed E-state index contributed by atoms with van der Waals surface area (Å²) in [6.07, 6.45) is 1.06. The number of benzene rings is 4. The SMILES string of the molecule is CCc1ccc(-c2ccc3c(c2)c2ccccc2n3-c2ccc(C(C)N)cc2)cc1. The van der Waals surface area contributed by atoms with Crippen molar-refractivity contribution in [2.75, 3.05) is 0 Å². The average molecular weight is 391 g/mol. The van der Waals surface area contributed by atoms with Crippen LogP contribution in [-0.4, -0.2) is 4.57 Å². The maximum absolute atomic E-state index is 6.05. The lowest BCUT2D eigenvalue weighted by atomic mass is 10.0. The van der Waals surface area contributed by atoms with Crippen molar-refractivity contribution in [3.8, 4) is 16.8 Å². The lowest BCUT2D eigenvalue weighted by Crippen LogP contribution is -2.04. The molecule has 30 heavy (non-hydrogen) atoms. The van der Waals surface area contributed by atoms with Crippen LogP contribution >= 0.6 is 0 Å². The van der Waals surface area contributed by atoms with Gasteiger partial charge < -0.3 is 10.3 Å². The molecule has 0 fully saturated rings. The Labute approximate surface area is 177 Å². The zero-order valence-electron chi connectivity index (χ0n) is 17.5. The van der Waals surface area contributed by atoms with Gasteiger partial charge in [-0.1, -0.05) is 67.6 Å². The van der Waals surface area contributed by atoms with Crippen molar-refractivity contribution >= 4 is 21.8 Å². The number of hydrogen-bond donors (Lipinski definition) is 1. The van der Waals surface area contributed by atoms with Crippen LogP contribution in [0.4, 0.5) is 0 Å². The Morgan fingerprint density at radius 1 is 0.733 bits per heavy atom. The molecular weight excluding hydrogens is 364 g/mol. The monoisotopic (exact) mass is 390 g/mol. The number of nitrogens with zero attached hydrogens (tertiary/aromatic N) is 1. The summed E-state index contributed by atoms with van der Waals surface area (Å²) >= 11 is 0. The topological polar surface area (TPSA) is 30.9 Å². The highest BCUT2D eigenvalue weighted by molar-refractivity contribution is 6.10. The van der Waals surface area contributed by atoms with E-state index < -0.39 is 0 Å². The van der Waals surface area contributed by atoms with E-state index in [0.717, 1.165) is 17.7 Å². The van der Waals surface area contributed by atoms with Crippen molar-refractivity contribution in [3.63, 3.8) is 0 Å². The van der Waals surface area contributed by atoms with Crippen LogP contribution < -0.4 is 5.73 Å². The molecule has 5 rings (SSSR count). The normalized spacial score (nSPS) is 12.5. The second-order valence-electron chi connectivity index (χ2n) is 8.02. The Hall–Kier alpha value is -3.36. The molecule has 0 aliphatic heterocycles. The zero-order chi connectivity index (χ0) is 20.7. The van der Waals surface area contributed by atoms with E-state index in [-0.39, 0.29) is 6.04 Å². The molecule has 4 aromatic carbocycles. The minimum absolute atomic E-state index is 0.0406. The molecule has 2 heteroatoms. The lowest BCUT2D eigenvalue weighted by Gasteiger charge is -2.11. The molecule has 2 nitrogen and oxygen atoms in total. The number of aryl methyl sites for hydroxylation is 1. The van der Waals surface area contributed by atoms with E-state index in [0.29, 0.717) is 0 Å². The fourth-order valence-electron chi connectivity index (χ4n) is 4.29. The van der Waals surface area contributed by atoms with E-state index in [1.54, 1.807) is 0 Å². The van der Waals surface area contributed by atoms with Crippen molar-refractivity contribution in [2.24, 2.45) is 5.73 Å². The van der Waals surface area contributed by atoms with Crippen molar-refractivity contribution in [1.82, 2.24) is 4.57 Å². The van der Waals surface area contributed by atoms with Gasteiger partial charge in [-0.05, 0) is 65.9 Å². The van der Waals surface area contributed by atoms with Gasteiger partial charge in [0.2, 0.25) is 0 Å². The Morgan fingerprint density at radius 3 is 2.10 bits per heavy atom. The molecule has 0 saturated heterocycles. The highest BCUT2D eigenvalue weighted by Gasteiger charge is 2.13. The van der Waals surface area contributed by atoms with Gasteiger partial charge in [0.15, 0.2) is 0 Å². The zero-order valence-corrected chi connectivity index (χ0v) is 17.5. The molecule has 0 spiro atoms. The predicted molar refractivity (Wildman–Crippen MR) is 128 cm³/mol. The highest BCUT2D eigenvalue weighted by Crippen LogP contribution is 2.35. The van der Waals surface area contributed by atoms with E-state index >= 15 is 0 Å². The number of rotatable bonds is 4. The Morgan fingerprint density at radius 2 is 1.40 bits per heavy atom. The molecule has 0 bridgehead atoms. The summed E-state index contributed by atoms with van der Waals surface area (Å²) in [7, 11) is 0. The summed E-state index contributed by atoms with van der Waals surface area (Å²) in [6, 6.07) is 33.0. The van der Waals surface area contributed by atoms with E-state index in [9.17, 15) is 0 Å². The molecule has 1 atom stereocenters. The molecule has 0 saturated carbocycles. The molecule has 1 unspecified atom stereocenters. The first-order valence-corrected chi connectivity index (χ1v) is 10.6. The third kappa shape index (κ3) is 3.10. The first-order chi connectivity index (χ1) is 14.7. The molecule has 0 aliphatic rings. The summed E-state index contributed by atoms with van der Waals surface area (Å²) in [4.78, 5) is 0. The van der Waals surface area contributed by atoms with Crippen LogP contribution in [0, 0.1) is 0 Å². The van der Waals surface area contributed by atoms with Crippen LogP contribution in [0.5, 0.6) is 0 Å². The third-order valence-corrected chi connectivity index (χ3v) is 6.05. The Bertz CT molecular complexity index is 1320. The van der Waals surface area contributed by atoms with Gasteiger partial charge in [-0.2, -0.15) is 0 Å². The first kappa shape index (κ1) is 18.7. The summed E-state index contributed by atoms with van der Waals surface area (Å²) < 4.78 is 2.35. The lowest BCUT2D eigenvalue weighted by molar-refractivity contribution is 0.818. The minimum atomic E-state index is 0.0406. The largest absolute Gasteiger partial charge is 0.324 e. The second-order valence-corrected chi connectivity index (χ2v) is 8.02. The summed E-state index contributed by atoms with van der Waals surface area (Å²) in [5.41, 5.74) is 14.7. The molecule has 148 valence electrons. The fraction of sp³-hybridized carbons (Fsp3) is 0.143. The maximum Gasteiger partial charge on any atom is 0.0541 e.